The Bertz CT molecular complexity index is 474. The third kappa shape index (κ3) is 4.31. The molecular formula is C18H27N2O2+. The van der Waals surface area contributed by atoms with E-state index in [0.29, 0.717) is 0 Å². The Morgan fingerprint density at radius 3 is 2.45 bits per heavy atom. The largest absolute Gasteiger partial charge is 0.370 e. The summed E-state index contributed by atoms with van der Waals surface area (Å²) in [4.78, 5) is 13.8. The zero-order chi connectivity index (χ0) is 15.2. The molecule has 22 heavy (non-hydrogen) atoms. The Morgan fingerprint density at radius 2 is 1.77 bits per heavy atom. The second kappa shape index (κ2) is 7.75. The van der Waals surface area contributed by atoms with Gasteiger partial charge in [-0.25, -0.2) is 0 Å². The van der Waals surface area contributed by atoms with Gasteiger partial charge in [-0.15, -0.1) is 0 Å². The van der Waals surface area contributed by atoms with Gasteiger partial charge in [0.15, 0.2) is 0 Å². The molecule has 0 bridgehead atoms. The number of rotatable bonds is 4. The fourth-order valence-electron chi connectivity index (χ4n) is 3.44. The first kappa shape index (κ1) is 15.5. The summed E-state index contributed by atoms with van der Waals surface area (Å²) in [6.07, 6.45) is 5.76. The Kier molecular flexibility index (Phi) is 5.46. The van der Waals surface area contributed by atoms with Crippen molar-refractivity contribution in [1.82, 2.24) is 0 Å². The molecule has 1 aliphatic carbocycles. The van der Waals surface area contributed by atoms with E-state index in [-0.39, 0.29) is 11.8 Å². The molecule has 1 aliphatic heterocycles. The standard InChI is InChI=1S/C18H26N2O2/c21-18(16-4-2-1-3-5-16)19-17-8-6-15(7-9-17)14-20-10-12-22-13-11-20/h6-9,16H,1-5,10-14H2,(H,19,21)/p+1. The van der Waals surface area contributed by atoms with E-state index in [1.807, 2.05) is 12.1 Å². The van der Waals surface area contributed by atoms with E-state index in [2.05, 4.69) is 17.4 Å². The van der Waals surface area contributed by atoms with Crippen LogP contribution in [0.4, 0.5) is 5.69 Å². The molecule has 4 nitrogen and oxygen atoms in total. The lowest BCUT2D eigenvalue weighted by molar-refractivity contribution is -0.921. The summed E-state index contributed by atoms with van der Waals surface area (Å²) in [5, 5.41) is 3.08. The number of quaternary nitrogens is 1. The van der Waals surface area contributed by atoms with Crippen LogP contribution >= 0.6 is 0 Å². The van der Waals surface area contributed by atoms with Gasteiger partial charge < -0.3 is 15.0 Å². The maximum absolute atomic E-state index is 12.2. The van der Waals surface area contributed by atoms with Crippen molar-refractivity contribution in [2.75, 3.05) is 31.6 Å². The van der Waals surface area contributed by atoms with E-state index in [9.17, 15) is 4.79 Å². The number of benzene rings is 1. The number of nitrogens with one attached hydrogen (secondary N) is 2. The minimum atomic E-state index is 0.200. The van der Waals surface area contributed by atoms with Gasteiger partial charge in [-0.1, -0.05) is 31.4 Å². The molecule has 4 heteroatoms. The van der Waals surface area contributed by atoms with Gasteiger partial charge in [-0.05, 0) is 25.0 Å². The highest BCUT2D eigenvalue weighted by Crippen LogP contribution is 2.25. The van der Waals surface area contributed by atoms with Crippen LogP contribution in [0.15, 0.2) is 24.3 Å². The van der Waals surface area contributed by atoms with Gasteiger partial charge in [0.25, 0.3) is 0 Å². The molecule has 0 atom stereocenters. The van der Waals surface area contributed by atoms with Crippen LogP contribution in [0, 0.1) is 5.92 Å². The van der Waals surface area contributed by atoms with Crippen molar-refractivity contribution in [3.63, 3.8) is 0 Å². The van der Waals surface area contributed by atoms with Gasteiger partial charge in [-0.3, -0.25) is 4.79 Å². The number of hydrogen-bond acceptors (Lipinski definition) is 2. The highest BCUT2D eigenvalue weighted by atomic mass is 16.5. The lowest BCUT2D eigenvalue weighted by atomic mass is 9.88. The van der Waals surface area contributed by atoms with Gasteiger partial charge in [0, 0.05) is 17.2 Å². The van der Waals surface area contributed by atoms with Gasteiger partial charge in [0.05, 0.1) is 13.2 Å². The molecule has 1 aromatic rings. The molecule has 0 radical (unpaired) electrons. The molecule has 0 spiro atoms. The van der Waals surface area contributed by atoms with E-state index in [0.717, 1.165) is 51.4 Å². The predicted octanol–water partition coefficient (Wildman–Crippen LogP) is 1.62. The molecular weight excluding hydrogens is 276 g/mol. The summed E-state index contributed by atoms with van der Waals surface area (Å²) in [5.74, 6) is 0.414. The van der Waals surface area contributed by atoms with Crippen molar-refractivity contribution < 1.29 is 14.4 Å². The normalized spacial score (nSPS) is 20.7. The van der Waals surface area contributed by atoms with Crippen LogP contribution in [-0.4, -0.2) is 32.2 Å². The van der Waals surface area contributed by atoms with Crippen molar-refractivity contribution in [2.45, 2.75) is 38.6 Å². The maximum Gasteiger partial charge on any atom is 0.227 e. The summed E-state index contributed by atoms with van der Waals surface area (Å²) >= 11 is 0. The molecule has 2 aliphatic rings. The molecule has 1 saturated heterocycles. The van der Waals surface area contributed by atoms with Gasteiger partial charge in [0.2, 0.25) is 5.91 Å². The second-order valence-electron chi connectivity index (χ2n) is 6.56. The van der Waals surface area contributed by atoms with Crippen LogP contribution in [0.5, 0.6) is 0 Å². The van der Waals surface area contributed by atoms with Crippen LogP contribution < -0.4 is 10.2 Å². The summed E-state index contributed by atoms with van der Waals surface area (Å²) < 4.78 is 5.39. The highest BCUT2D eigenvalue weighted by Gasteiger charge is 2.21. The first-order valence-electron chi connectivity index (χ1n) is 8.62. The van der Waals surface area contributed by atoms with Gasteiger partial charge >= 0.3 is 0 Å². The third-order valence-electron chi connectivity index (χ3n) is 4.85. The van der Waals surface area contributed by atoms with Crippen LogP contribution in [0.1, 0.15) is 37.7 Å². The van der Waals surface area contributed by atoms with Crippen molar-refractivity contribution in [1.29, 1.82) is 0 Å². The molecule has 3 rings (SSSR count). The minimum Gasteiger partial charge on any atom is -0.370 e. The first-order valence-corrected chi connectivity index (χ1v) is 8.62. The average molecular weight is 303 g/mol. The Labute approximate surface area is 132 Å². The highest BCUT2D eigenvalue weighted by molar-refractivity contribution is 5.92. The van der Waals surface area contributed by atoms with Gasteiger partial charge in [-0.2, -0.15) is 0 Å². The molecule has 1 amide bonds. The van der Waals surface area contributed by atoms with Crippen molar-refractivity contribution in [3.8, 4) is 0 Å². The molecule has 0 aromatic heterocycles. The van der Waals surface area contributed by atoms with Crippen LogP contribution in [-0.2, 0) is 16.1 Å². The van der Waals surface area contributed by atoms with Crippen molar-refractivity contribution in [2.24, 2.45) is 5.92 Å². The zero-order valence-electron chi connectivity index (χ0n) is 13.3. The number of carbonyl (C=O) groups excluding carboxylic acids is 1. The van der Waals surface area contributed by atoms with Crippen LogP contribution in [0.2, 0.25) is 0 Å². The molecule has 1 heterocycles. The topological polar surface area (TPSA) is 42.8 Å². The fraction of sp³-hybridized carbons (Fsp3) is 0.611. The summed E-state index contributed by atoms with van der Waals surface area (Å²) in [7, 11) is 0. The second-order valence-corrected chi connectivity index (χ2v) is 6.56. The van der Waals surface area contributed by atoms with Crippen molar-refractivity contribution in [3.05, 3.63) is 29.8 Å². The van der Waals surface area contributed by atoms with Crippen molar-refractivity contribution >= 4 is 11.6 Å². The average Bonchev–Trinajstić information content (AvgIpc) is 2.58. The quantitative estimate of drug-likeness (QED) is 0.888. The number of carbonyl (C=O) groups is 1. The third-order valence-corrected chi connectivity index (χ3v) is 4.85. The lowest BCUT2D eigenvalue weighted by Crippen LogP contribution is -3.12. The molecule has 1 saturated carbocycles. The van der Waals surface area contributed by atoms with E-state index in [1.165, 1.54) is 24.8 Å². The zero-order valence-corrected chi connectivity index (χ0v) is 13.3. The Hall–Kier alpha value is -1.39. The number of hydrogen-bond donors (Lipinski definition) is 2. The minimum absolute atomic E-state index is 0.200. The van der Waals surface area contributed by atoms with Gasteiger partial charge in [0.1, 0.15) is 19.6 Å². The van der Waals surface area contributed by atoms with E-state index in [1.54, 1.807) is 4.90 Å². The van der Waals surface area contributed by atoms with E-state index >= 15 is 0 Å². The smallest absolute Gasteiger partial charge is 0.227 e. The number of anilines is 1. The van der Waals surface area contributed by atoms with Crippen LogP contribution in [0.3, 0.4) is 0 Å². The summed E-state index contributed by atoms with van der Waals surface area (Å²) in [6.45, 7) is 4.94. The first-order chi connectivity index (χ1) is 10.8. The molecule has 1 aromatic carbocycles. The molecule has 2 N–H and O–H groups in total. The van der Waals surface area contributed by atoms with E-state index in [4.69, 9.17) is 4.74 Å². The molecule has 2 fully saturated rings. The fourth-order valence-corrected chi connectivity index (χ4v) is 3.44. The summed E-state index contributed by atoms with van der Waals surface area (Å²) in [5.41, 5.74) is 2.25. The number of morpholine rings is 1. The molecule has 0 unspecified atom stereocenters. The van der Waals surface area contributed by atoms with Crippen LogP contribution in [0.25, 0.3) is 0 Å². The van der Waals surface area contributed by atoms with E-state index < -0.39 is 0 Å². The lowest BCUT2D eigenvalue weighted by Gasteiger charge is -2.24. The monoisotopic (exact) mass is 303 g/mol. The predicted molar refractivity (Wildman–Crippen MR) is 86.9 cm³/mol. The maximum atomic E-state index is 12.2. The Morgan fingerprint density at radius 1 is 1.09 bits per heavy atom. The Balaban J connectivity index is 1.51. The SMILES string of the molecule is O=C(Nc1ccc(C[NH+]2CCOCC2)cc1)C1CCCCC1. The summed E-state index contributed by atoms with van der Waals surface area (Å²) in [6, 6.07) is 8.35. The number of amides is 1. The molecule has 120 valence electrons. The number of ether oxygens (including phenoxy) is 1.